The fraction of sp³-hybridized carbons (Fsp3) is 0.625. The van der Waals surface area contributed by atoms with E-state index >= 15 is 0 Å². The smallest absolute Gasteiger partial charge is 0.223 e. The zero-order valence-corrected chi connectivity index (χ0v) is 8.50. The number of nitrogens with zero attached hydrogens (tertiary/aromatic N) is 1. The van der Waals surface area contributed by atoms with Crippen LogP contribution in [0.2, 0.25) is 0 Å². The number of carbonyl (C=O) groups is 2. The maximum absolute atomic E-state index is 11.8. The quantitative estimate of drug-likeness (QED) is 0.180. The maximum Gasteiger partial charge on any atom is 0.223 e. The highest BCUT2D eigenvalue weighted by atomic mass is 19.2. The van der Waals surface area contributed by atoms with Crippen molar-refractivity contribution in [2.75, 3.05) is 6.54 Å². The molecule has 0 aliphatic rings. The molecule has 0 aliphatic carbocycles. The largest absolute Gasteiger partial charge is 0.370 e. The summed E-state index contributed by atoms with van der Waals surface area (Å²) in [6.45, 7) is 1.65. The van der Waals surface area contributed by atoms with Crippen molar-refractivity contribution in [1.82, 2.24) is 10.9 Å². The Balaban J connectivity index is 3.68. The minimum atomic E-state index is -0.804. The summed E-state index contributed by atoms with van der Waals surface area (Å²) in [4.78, 5) is 24.5. The standard InChI is InChI=1S/C8H15FN4O2/c1-6(15)12-8(10)11-4-2-3-7(5-14)13-9/h5,7,13H,2-4H2,1H3,(H3,10,11,12,15). The number of aldehydes is 1. The molecule has 1 atom stereocenters. The molecule has 0 heterocycles. The molecule has 15 heavy (non-hydrogen) atoms. The molecular weight excluding hydrogens is 203 g/mol. The lowest BCUT2D eigenvalue weighted by Crippen LogP contribution is -2.35. The molecule has 6 nitrogen and oxygen atoms in total. The van der Waals surface area contributed by atoms with Crippen LogP contribution in [0.15, 0.2) is 4.99 Å². The van der Waals surface area contributed by atoms with E-state index in [-0.39, 0.29) is 11.9 Å². The van der Waals surface area contributed by atoms with Gasteiger partial charge in [0.2, 0.25) is 5.91 Å². The molecular formula is C8H15FN4O2. The molecule has 0 aliphatic heterocycles. The Bertz CT molecular complexity index is 245. The van der Waals surface area contributed by atoms with Crippen molar-refractivity contribution in [3.63, 3.8) is 0 Å². The van der Waals surface area contributed by atoms with Crippen LogP contribution in [0, 0.1) is 0 Å². The number of halogens is 1. The van der Waals surface area contributed by atoms with Gasteiger partial charge < -0.3 is 10.5 Å². The Morgan fingerprint density at radius 1 is 1.67 bits per heavy atom. The first-order valence-electron chi connectivity index (χ1n) is 4.49. The van der Waals surface area contributed by atoms with Crippen LogP contribution < -0.4 is 16.6 Å². The molecule has 0 saturated carbocycles. The van der Waals surface area contributed by atoms with E-state index in [1.165, 1.54) is 12.5 Å². The Morgan fingerprint density at radius 2 is 2.33 bits per heavy atom. The predicted molar refractivity (Wildman–Crippen MR) is 53.6 cm³/mol. The molecule has 7 heteroatoms. The molecule has 0 bridgehead atoms. The zero-order valence-electron chi connectivity index (χ0n) is 8.50. The summed E-state index contributed by atoms with van der Waals surface area (Å²) >= 11 is 0. The number of hydrogen-bond donors (Lipinski definition) is 3. The van der Waals surface area contributed by atoms with E-state index in [0.717, 1.165) is 0 Å². The zero-order chi connectivity index (χ0) is 11.7. The lowest BCUT2D eigenvalue weighted by atomic mass is 10.2. The number of hydrogen-bond acceptors (Lipinski definition) is 4. The van der Waals surface area contributed by atoms with Crippen molar-refractivity contribution in [3.05, 3.63) is 0 Å². The van der Waals surface area contributed by atoms with Crippen LogP contribution in [-0.4, -0.2) is 30.7 Å². The van der Waals surface area contributed by atoms with Gasteiger partial charge >= 0.3 is 0 Å². The van der Waals surface area contributed by atoms with E-state index in [0.29, 0.717) is 25.7 Å². The Kier molecular flexibility index (Phi) is 7.08. The lowest BCUT2D eigenvalue weighted by Gasteiger charge is -2.04. The van der Waals surface area contributed by atoms with Gasteiger partial charge in [0.05, 0.1) is 6.04 Å². The van der Waals surface area contributed by atoms with Crippen LogP contribution in [0.4, 0.5) is 4.48 Å². The Hall–Kier alpha value is -1.50. The topological polar surface area (TPSA) is 96.6 Å². The van der Waals surface area contributed by atoms with E-state index in [9.17, 15) is 14.1 Å². The van der Waals surface area contributed by atoms with Gasteiger partial charge in [0.1, 0.15) is 6.29 Å². The van der Waals surface area contributed by atoms with Crippen LogP contribution in [0.1, 0.15) is 19.8 Å². The monoisotopic (exact) mass is 218 g/mol. The van der Waals surface area contributed by atoms with Gasteiger partial charge in [0.25, 0.3) is 0 Å². The average molecular weight is 218 g/mol. The second-order valence-corrected chi connectivity index (χ2v) is 2.94. The SMILES string of the molecule is CC(=O)NC(N)=NCCCC(C=O)NF. The summed E-state index contributed by atoms with van der Waals surface area (Å²) in [6, 6.07) is -0.804. The molecule has 0 fully saturated rings. The van der Waals surface area contributed by atoms with Gasteiger partial charge in [0, 0.05) is 13.5 Å². The van der Waals surface area contributed by atoms with Crippen molar-refractivity contribution in [2.45, 2.75) is 25.8 Å². The Labute approximate surface area is 87.1 Å². The van der Waals surface area contributed by atoms with Gasteiger partial charge in [-0.05, 0) is 12.8 Å². The number of nitrogens with two attached hydrogens (primary N) is 1. The summed E-state index contributed by atoms with van der Waals surface area (Å²) in [5.41, 5.74) is 6.67. The maximum atomic E-state index is 11.8. The van der Waals surface area contributed by atoms with Crippen LogP contribution in [0.3, 0.4) is 0 Å². The first kappa shape index (κ1) is 13.5. The van der Waals surface area contributed by atoms with Crippen molar-refractivity contribution in [2.24, 2.45) is 10.7 Å². The first-order chi connectivity index (χ1) is 7.10. The average Bonchev–Trinajstić information content (AvgIpc) is 2.17. The van der Waals surface area contributed by atoms with Crippen LogP contribution in [-0.2, 0) is 9.59 Å². The fourth-order valence-corrected chi connectivity index (χ4v) is 0.879. The van der Waals surface area contributed by atoms with E-state index in [1.54, 1.807) is 0 Å². The number of amides is 1. The highest BCUT2D eigenvalue weighted by molar-refractivity contribution is 5.94. The molecule has 0 spiro atoms. The van der Waals surface area contributed by atoms with Gasteiger partial charge in [-0.1, -0.05) is 0 Å². The first-order valence-corrected chi connectivity index (χ1v) is 4.49. The normalized spacial score (nSPS) is 13.3. The van der Waals surface area contributed by atoms with Crippen molar-refractivity contribution < 1.29 is 14.1 Å². The minimum Gasteiger partial charge on any atom is -0.370 e. The van der Waals surface area contributed by atoms with Crippen LogP contribution in [0.25, 0.3) is 0 Å². The second-order valence-electron chi connectivity index (χ2n) is 2.94. The number of nitrogens with one attached hydrogen (secondary N) is 2. The molecule has 1 amide bonds. The minimum absolute atomic E-state index is 0.0263. The molecule has 0 rings (SSSR count). The summed E-state index contributed by atoms with van der Waals surface area (Å²) in [6.07, 6.45) is 1.32. The molecule has 0 aromatic heterocycles. The molecule has 4 N–H and O–H groups in total. The number of aliphatic imine (C=N–C) groups is 1. The predicted octanol–water partition coefficient (Wildman–Crippen LogP) is -0.741. The van der Waals surface area contributed by atoms with E-state index in [2.05, 4.69) is 10.3 Å². The third kappa shape index (κ3) is 7.56. The lowest BCUT2D eigenvalue weighted by molar-refractivity contribution is -0.117. The molecule has 1 unspecified atom stereocenters. The van der Waals surface area contributed by atoms with Crippen molar-refractivity contribution in [1.29, 1.82) is 0 Å². The summed E-state index contributed by atoms with van der Waals surface area (Å²) in [5.74, 6) is -0.272. The van der Waals surface area contributed by atoms with Gasteiger partial charge in [-0.2, -0.15) is 0 Å². The fourth-order valence-electron chi connectivity index (χ4n) is 0.879. The van der Waals surface area contributed by atoms with E-state index in [4.69, 9.17) is 5.73 Å². The summed E-state index contributed by atoms with van der Waals surface area (Å²) < 4.78 is 11.8. The van der Waals surface area contributed by atoms with Gasteiger partial charge in [0.15, 0.2) is 5.96 Å². The molecule has 86 valence electrons. The summed E-state index contributed by atoms with van der Waals surface area (Å²) in [7, 11) is 0. The van der Waals surface area contributed by atoms with Crippen LogP contribution in [0.5, 0.6) is 0 Å². The number of guanidine groups is 1. The highest BCUT2D eigenvalue weighted by Crippen LogP contribution is 1.95. The highest BCUT2D eigenvalue weighted by Gasteiger charge is 2.04. The van der Waals surface area contributed by atoms with E-state index < -0.39 is 6.04 Å². The van der Waals surface area contributed by atoms with Crippen molar-refractivity contribution >= 4 is 18.2 Å². The third-order valence-electron chi connectivity index (χ3n) is 1.56. The molecule has 0 aromatic carbocycles. The summed E-state index contributed by atoms with van der Waals surface area (Å²) in [5, 5.41) is 2.29. The second kappa shape index (κ2) is 7.86. The molecule has 0 aromatic rings. The van der Waals surface area contributed by atoms with Gasteiger partial charge in [-0.15, -0.1) is 10.0 Å². The van der Waals surface area contributed by atoms with Gasteiger partial charge in [-0.25, -0.2) is 0 Å². The molecule has 0 saturated heterocycles. The third-order valence-corrected chi connectivity index (χ3v) is 1.56. The van der Waals surface area contributed by atoms with Gasteiger partial charge in [-0.3, -0.25) is 15.1 Å². The Morgan fingerprint density at radius 3 is 2.80 bits per heavy atom. The number of rotatable bonds is 6. The number of carbonyl (C=O) groups excluding carboxylic acids is 2. The van der Waals surface area contributed by atoms with Crippen molar-refractivity contribution in [3.8, 4) is 0 Å². The van der Waals surface area contributed by atoms with E-state index in [1.807, 2.05) is 0 Å². The molecule has 0 radical (unpaired) electrons. The van der Waals surface area contributed by atoms with Crippen LogP contribution >= 0.6 is 0 Å².